The summed E-state index contributed by atoms with van der Waals surface area (Å²) in [6.45, 7) is 1.99. The molecule has 0 radical (unpaired) electrons. The third-order valence-corrected chi connectivity index (χ3v) is 5.77. The number of aromatic nitrogens is 2. The number of hydrogen-bond donors (Lipinski definition) is 4. The molecule has 3 atom stereocenters. The van der Waals surface area contributed by atoms with Crippen LogP contribution in [0.1, 0.15) is 46.8 Å². The largest absolute Gasteiger partial charge is 0.386 e. The maximum atomic E-state index is 14.1. The van der Waals surface area contributed by atoms with Crippen LogP contribution < -0.4 is 16.4 Å². The lowest BCUT2D eigenvalue weighted by atomic mass is 9.80. The fourth-order valence-electron chi connectivity index (χ4n) is 4.07. The van der Waals surface area contributed by atoms with Crippen LogP contribution >= 0.6 is 0 Å². The second-order valence-electron chi connectivity index (χ2n) is 7.90. The number of nitrogens with two attached hydrogens (primary N) is 1. The van der Waals surface area contributed by atoms with Crippen LogP contribution in [-0.2, 0) is 11.8 Å². The molecule has 156 valence electrons. The molecular formula is C22H24FN5O2. The van der Waals surface area contributed by atoms with Gasteiger partial charge >= 0.3 is 0 Å². The average molecular weight is 409 g/mol. The monoisotopic (exact) mass is 409 g/mol. The number of benzene rings is 1. The Kier molecular flexibility index (Phi) is 5.03. The number of aliphatic hydroxyl groups is 1. The molecule has 0 saturated heterocycles. The van der Waals surface area contributed by atoms with E-state index in [9.17, 15) is 14.3 Å². The van der Waals surface area contributed by atoms with Gasteiger partial charge in [-0.25, -0.2) is 14.4 Å². The molecule has 2 aliphatic carbocycles. The number of anilines is 1. The number of carbonyl (C=O) groups excluding carboxylic acids is 1. The van der Waals surface area contributed by atoms with Gasteiger partial charge in [-0.2, -0.15) is 0 Å². The molecule has 2 aliphatic rings. The van der Waals surface area contributed by atoms with Crippen LogP contribution in [0, 0.1) is 5.82 Å². The van der Waals surface area contributed by atoms with Crippen molar-refractivity contribution in [2.45, 2.75) is 37.3 Å². The van der Waals surface area contributed by atoms with Gasteiger partial charge in [0.1, 0.15) is 5.82 Å². The molecule has 1 aromatic carbocycles. The molecule has 8 heteroatoms. The third-order valence-electron chi connectivity index (χ3n) is 5.77. The summed E-state index contributed by atoms with van der Waals surface area (Å²) in [4.78, 5) is 20.6. The number of nitrogen functional groups attached to an aromatic ring is 1. The molecule has 30 heavy (non-hydrogen) atoms. The summed E-state index contributed by atoms with van der Waals surface area (Å²) in [6, 6.07) is 4.44. The van der Waals surface area contributed by atoms with Crippen LogP contribution in [-0.4, -0.2) is 34.1 Å². The summed E-state index contributed by atoms with van der Waals surface area (Å²) in [5.41, 5.74) is 7.94. The van der Waals surface area contributed by atoms with Gasteiger partial charge in [-0.3, -0.25) is 4.79 Å². The first-order valence-corrected chi connectivity index (χ1v) is 9.79. The molecule has 0 spiro atoms. The van der Waals surface area contributed by atoms with Crippen LogP contribution in [0.2, 0.25) is 0 Å². The van der Waals surface area contributed by atoms with Gasteiger partial charge in [0.2, 0.25) is 0 Å². The summed E-state index contributed by atoms with van der Waals surface area (Å²) in [5, 5.41) is 16.5. The number of aliphatic hydroxyl groups excluding tert-OH is 1. The average Bonchev–Trinajstić information content (AvgIpc) is 3.05. The van der Waals surface area contributed by atoms with E-state index >= 15 is 0 Å². The molecule has 2 aromatic rings. The highest BCUT2D eigenvalue weighted by atomic mass is 19.1. The van der Waals surface area contributed by atoms with Gasteiger partial charge in [-0.1, -0.05) is 25.1 Å². The molecule has 0 saturated carbocycles. The Morgan fingerprint density at radius 3 is 2.93 bits per heavy atom. The smallest absolute Gasteiger partial charge is 0.273 e. The first-order valence-electron chi connectivity index (χ1n) is 9.79. The van der Waals surface area contributed by atoms with E-state index in [1.54, 1.807) is 18.3 Å². The first kappa shape index (κ1) is 20.0. The van der Waals surface area contributed by atoms with E-state index in [2.05, 4.69) is 20.6 Å². The van der Waals surface area contributed by atoms with Crippen LogP contribution in [0.15, 0.2) is 48.3 Å². The topological polar surface area (TPSA) is 113 Å². The van der Waals surface area contributed by atoms with Crippen molar-refractivity contribution in [3.05, 3.63) is 76.7 Å². The van der Waals surface area contributed by atoms with Gasteiger partial charge in [-0.15, -0.1) is 0 Å². The SMILES string of the molecule is CNC(=O)c1nc(C2(C)C=C(NC3Cc4c(F)cccc4[C@H]3O)C=CC2)cnc1N. The Hall–Kier alpha value is -3.26. The molecular weight excluding hydrogens is 385 g/mol. The van der Waals surface area contributed by atoms with E-state index in [0.29, 0.717) is 29.7 Å². The number of nitrogens with one attached hydrogen (secondary N) is 2. The molecule has 1 heterocycles. The number of fused-ring (bicyclic) bond motifs is 1. The molecule has 1 aromatic heterocycles. The summed E-state index contributed by atoms with van der Waals surface area (Å²) >= 11 is 0. The minimum Gasteiger partial charge on any atom is -0.386 e. The van der Waals surface area contributed by atoms with Crippen LogP contribution in [0.4, 0.5) is 10.2 Å². The van der Waals surface area contributed by atoms with Gasteiger partial charge in [0.05, 0.1) is 24.0 Å². The zero-order valence-corrected chi connectivity index (χ0v) is 16.8. The van der Waals surface area contributed by atoms with E-state index in [0.717, 1.165) is 5.70 Å². The van der Waals surface area contributed by atoms with Crippen molar-refractivity contribution >= 4 is 11.7 Å². The number of allylic oxidation sites excluding steroid dienone is 3. The molecule has 5 N–H and O–H groups in total. The lowest BCUT2D eigenvalue weighted by molar-refractivity contribution is 0.0958. The fraction of sp³-hybridized carbons (Fsp3) is 0.318. The van der Waals surface area contributed by atoms with Crippen molar-refractivity contribution < 1.29 is 14.3 Å². The maximum Gasteiger partial charge on any atom is 0.273 e. The Balaban J connectivity index is 1.60. The summed E-state index contributed by atoms with van der Waals surface area (Å²) in [5.74, 6) is -0.620. The number of halogens is 1. The number of nitrogens with zero attached hydrogens (tertiary/aromatic N) is 2. The minimum absolute atomic E-state index is 0.0734. The quantitative estimate of drug-likeness (QED) is 0.614. The third kappa shape index (κ3) is 3.43. The predicted molar refractivity (Wildman–Crippen MR) is 111 cm³/mol. The van der Waals surface area contributed by atoms with Crippen LogP contribution in [0.25, 0.3) is 0 Å². The van der Waals surface area contributed by atoms with Crippen molar-refractivity contribution in [2.24, 2.45) is 0 Å². The molecule has 0 aliphatic heterocycles. The van der Waals surface area contributed by atoms with Crippen molar-refractivity contribution in [3.8, 4) is 0 Å². The van der Waals surface area contributed by atoms with E-state index in [-0.39, 0.29) is 23.4 Å². The zero-order chi connectivity index (χ0) is 21.5. The van der Waals surface area contributed by atoms with Gasteiger partial charge in [0.15, 0.2) is 11.5 Å². The second-order valence-corrected chi connectivity index (χ2v) is 7.90. The Bertz CT molecular complexity index is 1070. The molecule has 0 bridgehead atoms. The van der Waals surface area contributed by atoms with Crippen molar-refractivity contribution in [1.82, 2.24) is 20.6 Å². The lowest BCUT2D eigenvalue weighted by Gasteiger charge is -2.30. The van der Waals surface area contributed by atoms with Gasteiger partial charge in [-0.05, 0) is 42.2 Å². The van der Waals surface area contributed by atoms with E-state index < -0.39 is 17.4 Å². The molecule has 4 rings (SSSR count). The highest BCUT2D eigenvalue weighted by Crippen LogP contribution is 2.36. The molecule has 0 fully saturated rings. The van der Waals surface area contributed by atoms with E-state index in [4.69, 9.17) is 5.73 Å². The first-order chi connectivity index (χ1) is 14.3. The van der Waals surface area contributed by atoms with Gasteiger partial charge in [0, 0.05) is 18.2 Å². The maximum absolute atomic E-state index is 14.1. The summed E-state index contributed by atoms with van der Waals surface area (Å²) < 4.78 is 14.1. The zero-order valence-electron chi connectivity index (χ0n) is 16.8. The Labute approximate surface area is 173 Å². The Morgan fingerprint density at radius 2 is 2.20 bits per heavy atom. The lowest BCUT2D eigenvalue weighted by Crippen LogP contribution is -2.34. The normalized spacial score (nSPS) is 24.9. The van der Waals surface area contributed by atoms with Gasteiger partial charge in [0.25, 0.3) is 5.91 Å². The summed E-state index contributed by atoms with van der Waals surface area (Å²) in [7, 11) is 1.51. The van der Waals surface area contributed by atoms with Crippen LogP contribution in [0.3, 0.4) is 0 Å². The second kappa shape index (κ2) is 7.53. The number of rotatable bonds is 4. The van der Waals surface area contributed by atoms with E-state index in [1.165, 1.54) is 13.1 Å². The van der Waals surface area contributed by atoms with Crippen molar-refractivity contribution in [2.75, 3.05) is 12.8 Å². The highest BCUT2D eigenvalue weighted by molar-refractivity contribution is 5.96. The fourth-order valence-corrected chi connectivity index (χ4v) is 4.07. The molecule has 2 unspecified atom stereocenters. The van der Waals surface area contributed by atoms with Crippen molar-refractivity contribution in [1.29, 1.82) is 0 Å². The number of amides is 1. The molecule has 7 nitrogen and oxygen atoms in total. The predicted octanol–water partition coefficient (Wildman–Crippen LogP) is 1.91. The number of carbonyl (C=O) groups is 1. The Morgan fingerprint density at radius 1 is 1.40 bits per heavy atom. The molecule has 1 amide bonds. The van der Waals surface area contributed by atoms with Crippen LogP contribution in [0.5, 0.6) is 0 Å². The van der Waals surface area contributed by atoms with E-state index in [1.807, 2.05) is 25.2 Å². The highest BCUT2D eigenvalue weighted by Gasteiger charge is 2.35. The minimum atomic E-state index is -0.797. The summed E-state index contributed by atoms with van der Waals surface area (Å²) in [6.07, 6.45) is 7.75. The number of hydrogen-bond acceptors (Lipinski definition) is 6. The van der Waals surface area contributed by atoms with Crippen molar-refractivity contribution in [3.63, 3.8) is 0 Å². The standard InChI is InChI=1S/C22H24FN5O2/c1-22(17-11-26-20(24)18(28-17)21(30)25-2)8-4-5-12(10-22)27-16-9-14-13(19(16)29)6-3-7-15(14)23/h3-7,10-11,16,19,27,29H,8-9H2,1-2H3,(H2,24,26)(H,25,30)/t16?,19-,22?/m1/s1. The van der Waals surface area contributed by atoms with Gasteiger partial charge < -0.3 is 21.5 Å².